The second-order valence-electron chi connectivity index (χ2n) is 7.48. The van der Waals surface area contributed by atoms with Crippen molar-refractivity contribution in [2.24, 2.45) is 7.05 Å². The number of benzene rings is 1. The van der Waals surface area contributed by atoms with Crippen molar-refractivity contribution in [3.05, 3.63) is 56.9 Å². The van der Waals surface area contributed by atoms with Gasteiger partial charge >= 0.3 is 0 Å². The van der Waals surface area contributed by atoms with Crippen LogP contribution in [0.1, 0.15) is 22.5 Å². The van der Waals surface area contributed by atoms with Gasteiger partial charge in [0.1, 0.15) is 0 Å². The monoisotopic (exact) mass is 447 g/mol. The number of carbonyl (C=O) groups excluding carboxylic acids is 1. The first-order chi connectivity index (χ1) is 14.5. The Morgan fingerprint density at radius 3 is 2.35 bits per heavy atom. The number of aromatic nitrogens is 2. The van der Waals surface area contributed by atoms with Gasteiger partial charge in [-0.15, -0.1) is 0 Å². The lowest BCUT2D eigenvalue weighted by Crippen LogP contribution is -2.50. The van der Waals surface area contributed by atoms with Gasteiger partial charge in [0.15, 0.2) is 0 Å². The Labute approximate surface area is 181 Å². The number of nitrogens with zero attached hydrogens (tertiary/aromatic N) is 5. The Kier molecular flexibility index (Phi) is 6.27. The molecule has 1 aromatic carbocycles. The van der Waals surface area contributed by atoms with E-state index in [4.69, 9.17) is 0 Å². The lowest BCUT2D eigenvalue weighted by Gasteiger charge is -2.33. The van der Waals surface area contributed by atoms with Crippen LogP contribution in [0, 0.1) is 30.9 Å². The van der Waals surface area contributed by atoms with Crippen LogP contribution in [0.3, 0.4) is 0 Å². The van der Waals surface area contributed by atoms with Gasteiger partial charge in [-0.2, -0.15) is 9.40 Å². The zero-order valence-electron chi connectivity index (χ0n) is 17.9. The Balaban J connectivity index is 1.70. The van der Waals surface area contributed by atoms with Crippen molar-refractivity contribution in [1.29, 1.82) is 0 Å². The first kappa shape index (κ1) is 22.6. The summed E-state index contributed by atoms with van der Waals surface area (Å²) < 4.78 is 29.1. The Morgan fingerprint density at radius 2 is 1.81 bits per heavy atom. The Hall–Kier alpha value is -3.05. The van der Waals surface area contributed by atoms with Crippen molar-refractivity contribution in [2.45, 2.75) is 25.7 Å². The third kappa shape index (κ3) is 4.52. The zero-order chi connectivity index (χ0) is 22.9. The standard InChI is InChI=1S/C20H25N5O5S/c1-14-5-6-17(25(27)28)13-19(14)31(29,30)24-11-9-23(10-12-24)20(26)8-7-18-15(2)21-22(4)16(18)3/h5-8,13H,9-12H2,1-4H3. The number of hydrogen-bond acceptors (Lipinski definition) is 6. The number of amides is 1. The molecular weight excluding hydrogens is 422 g/mol. The molecule has 11 heteroatoms. The van der Waals surface area contributed by atoms with Gasteiger partial charge in [-0.3, -0.25) is 19.6 Å². The second kappa shape index (κ2) is 8.60. The van der Waals surface area contributed by atoms with Crippen LogP contribution in [0.5, 0.6) is 0 Å². The fraction of sp³-hybridized carbons (Fsp3) is 0.400. The molecule has 2 aromatic rings. The highest BCUT2D eigenvalue weighted by molar-refractivity contribution is 7.89. The third-order valence-electron chi connectivity index (χ3n) is 5.51. The summed E-state index contributed by atoms with van der Waals surface area (Å²) in [6, 6.07) is 3.80. The Morgan fingerprint density at radius 1 is 1.16 bits per heavy atom. The quantitative estimate of drug-likeness (QED) is 0.392. The van der Waals surface area contributed by atoms with Crippen molar-refractivity contribution in [3.63, 3.8) is 0 Å². The predicted octanol–water partition coefficient (Wildman–Crippen LogP) is 1.80. The van der Waals surface area contributed by atoms with E-state index in [1.807, 2.05) is 20.9 Å². The molecule has 10 nitrogen and oxygen atoms in total. The third-order valence-corrected chi connectivity index (χ3v) is 7.55. The minimum Gasteiger partial charge on any atom is -0.337 e. The van der Waals surface area contributed by atoms with Crippen molar-refractivity contribution in [3.8, 4) is 0 Å². The van der Waals surface area contributed by atoms with Crippen molar-refractivity contribution >= 4 is 27.7 Å². The summed E-state index contributed by atoms with van der Waals surface area (Å²) >= 11 is 0. The van der Waals surface area contributed by atoms with Crippen molar-refractivity contribution < 1.29 is 18.1 Å². The predicted molar refractivity (Wildman–Crippen MR) is 115 cm³/mol. The van der Waals surface area contributed by atoms with E-state index in [-0.39, 0.29) is 42.7 Å². The number of nitro groups is 1. The highest BCUT2D eigenvalue weighted by atomic mass is 32.2. The number of non-ortho nitro benzene ring substituents is 1. The number of rotatable bonds is 5. The van der Waals surface area contributed by atoms with Crippen LogP contribution in [0.4, 0.5) is 5.69 Å². The van der Waals surface area contributed by atoms with Crippen LogP contribution < -0.4 is 0 Å². The first-order valence-corrected chi connectivity index (χ1v) is 11.2. The molecule has 1 fully saturated rings. The van der Waals surface area contributed by atoms with Crippen molar-refractivity contribution in [1.82, 2.24) is 19.0 Å². The molecule has 166 valence electrons. The van der Waals surface area contributed by atoms with Gasteiger partial charge in [0.25, 0.3) is 5.69 Å². The molecule has 1 amide bonds. The number of hydrogen-bond donors (Lipinski definition) is 0. The number of aryl methyl sites for hydroxylation is 3. The van der Waals surface area contributed by atoms with E-state index in [1.165, 1.54) is 22.5 Å². The fourth-order valence-electron chi connectivity index (χ4n) is 3.56. The van der Waals surface area contributed by atoms with Crippen LogP contribution in [-0.2, 0) is 21.9 Å². The van der Waals surface area contributed by atoms with E-state index < -0.39 is 14.9 Å². The van der Waals surface area contributed by atoms with Gasteiger partial charge < -0.3 is 4.90 Å². The summed E-state index contributed by atoms with van der Waals surface area (Å²) in [7, 11) is -2.06. The van der Waals surface area contributed by atoms with Crippen LogP contribution in [-0.4, -0.2) is 64.4 Å². The fourth-order valence-corrected chi connectivity index (χ4v) is 5.23. The van der Waals surface area contributed by atoms with Crippen LogP contribution in [0.15, 0.2) is 29.2 Å². The van der Waals surface area contributed by atoms with Gasteiger partial charge in [0.05, 0.1) is 15.5 Å². The van der Waals surface area contributed by atoms with E-state index in [0.717, 1.165) is 23.0 Å². The van der Waals surface area contributed by atoms with Gasteiger partial charge in [-0.25, -0.2) is 8.42 Å². The molecule has 0 spiro atoms. The maximum Gasteiger partial charge on any atom is 0.270 e. The van der Waals surface area contributed by atoms with Gasteiger partial charge in [0, 0.05) is 62.7 Å². The van der Waals surface area contributed by atoms with Gasteiger partial charge in [-0.1, -0.05) is 6.07 Å². The molecule has 31 heavy (non-hydrogen) atoms. The maximum atomic E-state index is 13.0. The minimum atomic E-state index is -3.90. The topological polar surface area (TPSA) is 119 Å². The molecule has 0 atom stereocenters. The SMILES string of the molecule is Cc1ccc([N+](=O)[O-])cc1S(=O)(=O)N1CCN(C(=O)C=Cc2c(C)nn(C)c2C)CC1. The van der Waals surface area contributed by atoms with E-state index >= 15 is 0 Å². The van der Waals surface area contributed by atoms with E-state index in [2.05, 4.69) is 5.10 Å². The maximum absolute atomic E-state index is 13.0. The molecule has 1 aliphatic rings. The molecule has 0 unspecified atom stereocenters. The van der Waals surface area contributed by atoms with E-state index in [9.17, 15) is 23.3 Å². The van der Waals surface area contributed by atoms with Crippen LogP contribution >= 0.6 is 0 Å². The first-order valence-electron chi connectivity index (χ1n) is 9.74. The summed E-state index contributed by atoms with van der Waals surface area (Å²) in [4.78, 5) is 24.5. The molecule has 3 rings (SSSR count). The minimum absolute atomic E-state index is 0.0797. The largest absolute Gasteiger partial charge is 0.337 e. The number of nitro benzene ring substituents is 1. The Bertz CT molecular complexity index is 1160. The normalized spacial score (nSPS) is 15.5. The average molecular weight is 448 g/mol. The highest BCUT2D eigenvalue weighted by Gasteiger charge is 2.31. The van der Waals surface area contributed by atoms with Crippen LogP contribution in [0.2, 0.25) is 0 Å². The summed E-state index contributed by atoms with van der Waals surface area (Å²) in [5.41, 5.74) is 2.83. The molecule has 1 saturated heterocycles. The van der Waals surface area contributed by atoms with E-state index in [1.54, 1.807) is 22.6 Å². The van der Waals surface area contributed by atoms with Crippen LogP contribution in [0.25, 0.3) is 6.08 Å². The lowest BCUT2D eigenvalue weighted by molar-refractivity contribution is -0.385. The number of sulfonamides is 1. The van der Waals surface area contributed by atoms with Gasteiger partial charge in [0.2, 0.25) is 15.9 Å². The molecule has 0 aliphatic carbocycles. The number of piperazine rings is 1. The zero-order valence-corrected chi connectivity index (χ0v) is 18.7. The van der Waals surface area contributed by atoms with E-state index in [0.29, 0.717) is 5.56 Å². The molecule has 1 aromatic heterocycles. The van der Waals surface area contributed by atoms with Crippen molar-refractivity contribution in [2.75, 3.05) is 26.2 Å². The molecule has 0 saturated carbocycles. The molecule has 0 N–H and O–H groups in total. The lowest BCUT2D eigenvalue weighted by atomic mass is 10.2. The average Bonchev–Trinajstić information content (AvgIpc) is 2.97. The molecule has 2 heterocycles. The second-order valence-corrected chi connectivity index (χ2v) is 9.38. The molecule has 0 bridgehead atoms. The summed E-state index contributed by atoms with van der Waals surface area (Å²) in [5.74, 6) is -0.203. The molecule has 1 aliphatic heterocycles. The van der Waals surface area contributed by atoms with Gasteiger partial charge in [-0.05, 0) is 32.4 Å². The number of carbonyl (C=O) groups is 1. The molecule has 0 radical (unpaired) electrons. The summed E-state index contributed by atoms with van der Waals surface area (Å²) in [6.07, 6.45) is 3.21. The molecular formula is C20H25N5O5S. The summed E-state index contributed by atoms with van der Waals surface area (Å²) in [6.45, 7) is 6.11. The highest BCUT2D eigenvalue weighted by Crippen LogP contribution is 2.25. The summed E-state index contributed by atoms with van der Waals surface area (Å²) in [5, 5.41) is 15.4. The smallest absolute Gasteiger partial charge is 0.270 e.